The van der Waals surface area contributed by atoms with Crippen molar-refractivity contribution in [3.63, 3.8) is 0 Å². The smallest absolute Gasteiger partial charge is 0.140 e. The normalized spacial score (nSPS) is 23.9. The molecule has 1 aromatic heterocycles. The molecule has 0 amide bonds. The highest BCUT2D eigenvalue weighted by Crippen LogP contribution is 2.52. The molecule has 5 rings (SSSR count). The third-order valence-electron chi connectivity index (χ3n) is 4.13. The molecular weight excluding hydrogens is 295 g/mol. The minimum atomic E-state index is -0.172. The molecule has 1 aliphatic carbocycles. The average Bonchev–Trinajstić information content (AvgIpc) is 2.54. The monoisotopic (exact) mass is 306 g/mol. The predicted octanol–water partition coefficient (Wildman–Crippen LogP) is 4.19. The minimum absolute atomic E-state index is 0.172. The van der Waals surface area contributed by atoms with Gasteiger partial charge in [0, 0.05) is 17.8 Å². The topological polar surface area (TPSA) is 17.8 Å². The summed E-state index contributed by atoms with van der Waals surface area (Å²) in [6.07, 6.45) is 4.33. The van der Waals surface area contributed by atoms with Gasteiger partial charge in [0.2, 0.25) is 0 Å². The van der Waals surface area contributed by atoms with Crippen LogP contribution in [-0.4, -0.2) is 9.55 Å². The average molecular weight is 307 g/mol. The van der Waals surface area contributed by atoms with Crippen LogP contribution in [0.1, 0.15) is 36.1 Å². The molecule has 2 bridgehead atoms. The van der Waals surface area contributed by atoms with Crippen molar-refractivity contribution in [3.05, 3.63) is 39.9 Å². The third kappa shape index (κ3) is 1.30. The fourth-order valence-corrected chi connectivity index (χ4v) is 3.50. The molecule has 18 heavy (non-hydrogen) atoms. The molecule has 0 radical (unpaired) electrons. The Kier molecular flexibility index (Phi) is 2.05. The Bertz CT molecular complexity index is 656. The zero-order chi connectivity index (χ0) is 12.4. The van der Waals surface area contributed by atoms with E-state index in [4.69, 9.17) is 0 Å². The molecule has 2 nitrogen and oxygen atoms in total. The van der Waals surface area contributed by atoms with Crippen LogP contribution in [0, 0.1) is 12.7 Å². The second-order valence-electron chi connectivity index (χ2n) is 5.29. The summed E-state index contributed by atoms with van der Waals surface area (Å²) in [5.74, 6) is 1.32. The van der Waals surface area contributed by atoms with Crippen molar-refractivity contribution in [2.45, 2.75) is 31.7 Å². The maximum Gasteiger partial charge on any atom is 0.140 e. The summed E-state index contributed by atoms with van der Waals surface area (Å²) in [4.78, 5) is 4.62. The molecule has 0 spiro atoms. The van der Waals surface area contributed by atoms with Crippen molar-refractivity contribution in [2.24, 2.45) is 0 Å². The number of halogens is 2. The molecule has 3 heterocycles. The Morgan fingerprint density at radius 2 is 2.17 bits per heavy atom. The summed E-state index contributed by atoms with van der Waals surface area (Å²) >= 11 is 3.28. The summed E-state index contributed by atoms with van der Waals surface area (Å²) in [5.41, 5.74) is 3.24. The number of rotatable bonds is 0. The van der Waals surface area contributed by atoms with E-state index in [0.29, 0.717) is 16.4 Å². The van der Waals surface area contributed by atoms with Crippen LogP contribution in [0.3, 0.4) is 0 Å². The number of aromatic nitrogens is 2. The van der Waals surface area contributed by atoms with Gasteiger partial charge in [0.05, 0.1) is 10.2 Å². The van der Waals surface area contributed by atoms with Crippen LogP contribution in [0.15, 0.2) is 22.8 Å². The second-order valence-corrected chi connectivity index (χ2v) is 6.14. The SMILES string of the molecule is Cc1cn2c(n1)-c1cc(Br)c(F)cc1C1CC2C1. The largest absolute Gasteiger partial charge is 0.328 e. The molecule has 0 saturated heterocycles. The highest BCUT2D eigenvalue weighted by Gasteiger charge is 2.38. The van der Waals surface area contributed by atoms with E-state index >= 15 is 0 Å². The van der Waals surface area contributed by atoms with E-state index < -0.39 is 0 Å². The van der Waals surface area contributed by atoms with Crippen molar-refractivity contribution >= 4 is 15.9 Å². The lowest BCUT2D eigenvalue weighted by Gasteiger charge is -2.34. The van der Waals surface area contributed by atoms with Gasteiger partial charge in [-0.15, -0.1) is 0 Å². The Morgan fingerprint density at radius 1 is 1.39 bits per heavy atom. The number of imidazole rings is 1. The van der Waals surface area contributed by atoms with Gasteiger partial charge in [0.25, 0.3) is 0 Å². The number of hydrogen-bond acceptors (Lipinski definition) is 1. The third-order valence-corrected chi connectivity index (χ3v) is 4.74. The van der Waals surface area contributed by atoms with E-state index in [1.807, 2.05) is 13.0 Å². The van der Waals surface area contributed by atoms with Crippen molar-refractivity contribution in [2.75, 3.05) is 0 Å². The number of hydrogen-bond donors (Lipinski definition) is 0. The number of benzene rings is 1. The van der Waals surface area contributed by atoms with Gasteiger partial charge < -0.3 is 4.57 Å². The van der Waals surface area contributed by atoms with E-state index in [2.05, 4.69) is 31.7 Å². The second kappa shape index (κ2) is 3.44. The first-order valence-corrected chi connectivity index (χ1v) is 6.97. The van der Waals surface area contributed by atoms with E-state index in [9.17, 15) is 4.39 Å². The maximum absolute atomic E-state index is 13.7. The fourth-order valence-electron chi connectivity index (χ4n) is 3.16. The van der Waals surface area contributed by atoms with Gasteiger partial charge in [-0.05, 0) is 59.3 Å². The van der Waals surface area contributed by atoms with Crippen molar-refractivity contribution < 1.29 is 4.39 Å². The molecule has 92 valence electrons. The summed E-state index contributed by atoms with van der Waals surface area (Å²) in [6, 6.07) is 4.10. The molecule has 1 fully saturated rings. The summed E-state index contributed by atoms with van der Waals surface area (Å²) < 4.78 is 16.5. The Morgan fingerprint density at radius 3 is 2.94 bits per heavy atom. The first-order valence-electron chi connectivity index (χ1n) is 6.18. The molecule has 4 heteroatoms. The maximum atomic E-state index is 13.7. The standard InChI is InChI=1S/C14H12BrFN2/c1-7-6-18-9-2-8(3-9)10-5-13(16)12(15)4-11(10)14(18)17-7/h4-6,8-9H,2-3H2,1H3. The van der Waals surface area contributed by atoms with Gasteiger partial charge in [-0.25, -0.2) is 9.37 Å². The van der Waals surface area contributed by atoms with Gasteiger partial charge in [0.1, 0.15) is 11.6 Å². The molecule has 1 saturated carbocycles. The van der Waals surface area contributed by atoms with Gasteiger partial charge in [-0.3, -0.25) is 0 Å². The molecule has 3 aliphatic rings. The van der Waals surface area contributed by atoms with E-state index in [1.54, 1.807) is 6.07 Å². The molecule has 0 atom stereocenters. The van der Waals surface area contributed by atoms with E-state index in [-0.39, 0.29) is 5.82 Å². The van der Waals surface area contributed by atoms with Gasteiger partial charge in [-0.2, -0.15) is 0 Å². The Balaban J connectivity index is 2.05. The lowest BCUT2D eigenvalue weighted by molar-refractivity contribution is 0.274. The van der Waals surface area contributed by atoms with Crippen LogP contribution < -0.4 is 0 Å². The van der Waals surface area contributed by atoms with Crippen LogP contribution in [-0.2, 0) is 0 Å². The van der Waals surface area contributed by atoms with E-state index in [1.165, 1.54) is 0 Å². The highest BCUT2D eigenvalue weighted by atomic mass is 79.9. The van der Waals surface area contributed by atoms with Gasteiger partial charge in [-0.1, -0.05) is 0 Å². The van der Waals surface area contributed by atoms with Crippen LogP contribution in [0.5, 0.6) is 0 Å². The predicted molar refractivity (Wildman–Crippen MR) is 71.1 cm³/mol. The van der Waals surface area contributed by atoms with Crippen molar-refractivity contribution in [1.82, 2.24) is 9.55 Å². The Hall–Kier alpha value is -1.16. The molecule has 0 N–H and O–H groups in total. The molecule has 1 aromatic carbocycles. The lowest BCUT2D eigenvalue weighted by atomic mass is 9.76. The quantitative estimate of drug-likeness (QED) is 0.713. The molecule has 2 aliphatic heterocycles. The van der Waals surface area contributed by atoms with Gasteiger partial charge in [0.15, 0.2) is 0 Å². The summed E-state index contributed by atoms with van der Waals surface area (Å²) in [5, 5.41) is 0. The molecule has 2 aromatic rings. The van der Waals surface area contributed by atoms with Crippen LogP contribution in [0.2, 0.25) is 0 Å². The van der Waals surface area contributed by atoms with Crippen molar-refractivity contribution in [3.8, 4) is 11.4 Å². The van der Waals surface area contributed by atoms with Crippen LogP contribution >= 0.6 is 15.9 Å². The number of nitrogens with zero attached hydrogens (tertiary/aromatic N) is 2. The Labute approximate surface area is 113 Å². The fraction of sp³-hybridized carbons (Fsp3) is 0.357. The van der Waals surface area contributed by atoms with Gasteiger partial charge >= 0.3 is 0 Å². The molecule has 0 unspecified atom stereocenters. The van der Waals surface area contributed by atoms with Crippen LogP contribution in [0.25, 0.3) is 11.4 Å². The summed E-state index contributed by atoms with van der Waals surface area (Å²) in [6.45, 7) is 2.01. The first kappa shape index (κ1) is 10.7. The first-order chi connectivity index (χ1) is 8.63. The molecular formula is C14H12BrFN2. The van der Waals surface area contributed by atoms with Crippen LogP contribution in [0.4, 0.5) is 4.39 Å². The minimum Gasteiger partial charge on any atom is -0.328 e. The van der Waals surface area contributed by atoms with Crippen molar-refractivity contribution in [1.29, 1.82) is 0 Å². The highest BCUT2D eigenvalue weighted by molar-refractivity contribution is 9.10. The van der Waals surface area contributed by atoms with E-state index in [0.717, 1.165) is 35.5 Å². The lowest BCUT2D eigenvalue weighted by Crippen LogP contribution is -2.22. The zero-order valence-corrected chi connectivity index (χ0v) is 11.5. The number of aryl methyl sites for hydroxylation is 1. The zero-order valence-electron chi connectivity index (χ0n) is 9.95. The summed E-state index contributed by atoms with van der Waals surface area (Å²) in [7, 11) is 0.